The number of rotatable bonds is 1. The minimum Gasteiger partial charge on any atom is -0.405 e. The highest BCUT2D eigenvalue weighted by atomic mass is 35.5. The average Bonchev–Trinajstić information content (AvgIpc) is 2.64. The second-order valence-electron chi connectivity index (χ2n) is 5.00. The molecule has 21 heavy (non-hydrogen) atoms. The first-order valence-electron chi connectivity index (χ1n) is 6.30. The van der Waals surface area contributed by atoms with Gasteiger partial charge in [-0.2, -0.15) is 0 Å². The van der Waals surface area contributed by atoms with Crippen LogP contribution >= 0.6 is 12.4 Å². The lowest BCUT2D eigenvalue weighted by atomic mass is 10.0. The van der Waals surface area contributed by atoms with Gasteiger partial charge < -0.3 is 15.0 Å². The maximum Gasteiger partial charge on any atom is 0.573 e. The number of benzene rings is 1. The number of nitrogens with one attached hydrogen (secondary N) is 1. The molecule has 4 nitrogen and oxygen atoms in total. The van der Waals surface area contributed by atoms with Crippen LogP contribution in [0.15, 0.2) is 18.2 Å². The van der Waals surface area contributed by atoms with Crippen LogP contribution in [0.2, 0.25) is 0 Å². The van der Waals surface area contributed by atoms with Gasteiger partial charge in [-0.05, 0) is 18.6 Å². The number of hydrogen-bond donors (Lipinski definition) is 1. The van der Waals surface area contributed by atoms with Gasteiger partial charge in [0.2, 0.25) is 0 Å². The second-order valence-corrected chi connectivity index (χ2v) is 5.00. The first-order valence-corrected chi connectivity index (χ1v) is 6.30. The summed E-state index contributed by atoms with van der Waals surface area (Å²) in [4.78, 5) is 14.0. The lowest BCUT2D eigenvalue weighted by Crippen LogP contribution is -2.50. The zero-order chi connectivity index (χ0) is 14.5. The number of halogens is 4. The Bertz CT molecular complexity index is 565. The SMILES string of the molecule is C[C@@H]1CNC[C@H]2c3cccc(OC(F)(F)F)c3C(=O)N12.Cl. The van der Waals surface area contributed by atoms with E-state index in [4.69, 9.17) is 0 Å². The Morgan fingerprint density at radius 2 is 2.05 bits per heavy atom. The zero-order valence-corrected chi connectivity index (χ0v) is 11.9. The predicted octanol–water partition coefficient (Wildman–Crippen LogP) is 2.50. The lowest BCUT2D eigenvalue weighted by molar-refractivity contribution is -0.274. The van der Waals surface area contributed by atoms with Gasteiger partial charge in [-0.15, -0.1) is 25.6 Å². The van der Waals surface area contributed by atoms with Crippen molar-refractivity contribution in [3.8, 4) is 5.75 Å². The fourth-order valence-electron chi connectivity index (χ4n) is 2.93. The van der Waals surface area contributed by atoms with Crippen LogP contribution < -0.4 is 10.1 Å². The fourth-order valence-corrected chi connectivity index (χ4v) is 2.93. The lowest BCUT2D eigenvalue weighted by Gasteiger charge is -2.36. The van der Waals surface area contributed by atoms with Crippen LogP contribution in [-0.2, 0) is 0 Å². The summed E-state index contributed by atoms with van der Waals surface area (Å²) >= 11 is 0. The normalized spacial score (nSPS) is 24.2. The van der Waals surface area contributed by atoms with E-state index >= 15 is 0 Å². The summed E-state index contributed by atoms with van der Waals surface area (Å²) < 4.78 is 41.3. The average molecular weight is 323 g/mol. The van der Waals surface area contributed by atoms with Crippen LogP contribution in [-0.4, -0.2) is 36.3 Å². The molecule has 3 rings (SSSR count). The highest BCUT2D eigenvalue weighted by Crippen LogP contribution is 2.41. The molecule has 8 heteroatoms. The topological polar surface area (TPSA) is 41.6 Å². The van der Waals surface area contributed by atoms with Crippen molar-refractivity contribution < 1.29 is 22.7 Å². The zero-order valence-electron chi connectivity index (χ0n) is 11.1. The number of amides is 1. The molecule has 0 spiro atoms. The van der Waals surface area contributed by atoms with Gasteiger partial charge in [0.05, 0.1) is 11.6 Å². The van der Waals surface area contributed by atoms with Crippen LogP contribution in [0.1, 0.15) is 28.9 Å². The summed E-state index contributed by atoms with van der Waals surface area (Å²) in [5.74, 6) is -0.805. The summed E-state index contributed by atoms with van der Waals surface area (Å²) in [6.45, 7) is 3.04. The Labute approximate surface area is 125 Å². The fraction of sp³-hybridized carbons (Fsp3) is 0.462. The molecule has 0 radical (unpaired) electrons. The molecule has 2 atom stereocenters. The third-order valence-corrected chi connectivity index (χ3v) is 3.68. The van der Waals surface area contributed by atoms with E-state index in [0.29, 0.717) is 18.7 Å². The first kappa shape index (κ1) is 15.9. The molecule has 1 N–H and O–H groups in total. The summed E-state index contributed by atoms with van der Waals surface area (Å²) in [6.07, 6.45) is -4.80. The molecule has 0 unspecified atom stereocenters. The molecule has 0 saturated carbocycles. The molecule has 2 aliphatic rings. The standard InChI is InChI=1S/C13H13F3N2O2.ClH/c1-7-5-17-6-9-8-3-2-4-10(20-13(14,15)16)11(8)12(19)18(7)9;/h2-4,7,9,17H,5-6H2,1H3;1H/t7-,9+;/m1./s1. The number of carbonyl (C=O) groups excluding carboxylic acids is 1. The Hall–Kier alpha value is -1.47. The van der Waals surface area contributed by atoms with Crippen molar-refractivity contribution in [1.29, 1.82) is 0 Å². The number of fused-ring (bicyclic) bond motifs is 3. The number of piperazine rings is 1. The summed E-state index contributed by atoms with van der Waals surface area (Å²) in [6, 6.07) is 4.06. The minimum atomic E-state index is -4.80. The Balaban J connectivity index is 0.00000161. The highest BCUT2D eigenvalue weighted by Gasteiger charge is 2.44. The van der Waals surface area contributed by atoms with Crippen LogP contribution in [0.25, 0.3) is 0 Å². The largest absolute Gasteiger partial charge is 0.573 e. The molecule has 1 fully saturated rings. The second kappa shape index (κ2) is 5.38. The summed E-state index contributed by atoms with van der Waals surface area (Å²) in [5, 5.41) is 3.18. The molecule has 0 aromatic heterocycles. The molecule has 1 amide bonds. The highest BCUT2D eigenvalue weighted by molar-refractivity contribution is 6.02. The molecule has 1 aromatic rings. The van der Waals surface area contributed by atoms with E-state index in [1.54, 1.807) is 11.0 Å². The van der Waals surface area contributed by atoms with Crippen molar-refractivity contribution in [1.82, 2.24) is 10.2 Å². The molecule has 116 valence electrons. The Morgan fingerprint density at radius 3 is 2.71 bits per heavy atom. The van der Waals surface area contributed by atoms with Gasteiger partial charge in [-0.1, -0.05) is 12.1 Å². The van der Waals surface area contributed by atoms with E-state index in [9.17, 15) is 18.0 Å². The number of hydrogen-bond acceptors (Lipinski definition) is 3. The maximum absolute atomic E-state index is 12.4. The third kappa shape index (κ3) is 2.67. The molecule has 0 bridgehead atoms. The van der Waals surface area contributed by atoms with Crippen molar-refractivity contribution in [3.63, 3.8) is 0 Å². The number of ether oxygens (including phenoxy) is 1. The molecule has 1 aromatic carbocycles. The van der Waals surface area contributed by atoms with Crippen LogP contribution in [0.5, 0.6) is 5.75 Å². The van der Waals surface area contributed by atoms with E-state index < -0.39 is 12.1 Å². The molecular weight excluding hydrogens is 309 g/mol. The molecular formula is C13H14ClF3N2O2. The van der Waals surface area contributed by atoms with Gasteiger partial charge in [0.1, 0.15) is 5.75 Å². The monoisotopic (exact) mass is 322 g/mol. The summed E-state index contributed by atoms with van der Waals surface area (Å²) in [5.41, 5.74) is 0.626. The van der Waals surface area contributed by atoms with E-state index in [2.05, 4.69) is 10.1 Å². The van der Waals surface area contributed by atoms with Gasteiger partial charge >= 0.3 is 6.36 Å². The Kier molecular flexibility index (Phi) is 4.08. The molecule has 0 aliphatic carbocycles. The third-order valence-electron chi connectivity index (χ3n) is 3.68. The van der Waals surface area contributed by atoms with Crippen molar-refractivity contribution >= 4 is 18.3 Å². The molecule has 2 aliphatic heterocycles. The van der Waals surface area contributed by atoms with Crippen LogP contribution in [0, 0.1) is 0 Å². The quantitative estimate of drug-likeness (QED) is 0.864. The van der Waals surface area contributed by atoms with Gasteiger partial charge in [-0.25, -0.2) is 0 Å². The van der Waals surface area contributed by atoms with Crippen molar-refractivity contribution in [2.24, 2.45) is 0 Å². The van der Waals surface area contributed by atoms with E-state index in [-0.39, 0.29) is 36.0 Å². The first-order chi connectivity index (χ1) is 9.38. The molecule has 2 heterocycles. The van der Waals surface area contributed by atoms with Gasteiger partial charge in [-0.3, -0.25) is 4.79 Å². The van der Waals surface area contributed by atoms with E-state index in [1.807, 2.05) is 6.92 Å². The maximum atomic E-state index is 12.4. The van der Waals surface area contributed by atoms with Gasteiger partial charge in [0.25, 0.3) is 5.91 Å². The van der Waals surface area contributed by atoms with Crippen molar-refractivity contribution in [2.75, 3.05) is 13.1 Å². The van der Waals surface area contributed by atoms with Crippen molar-refractivity contribution in [2.45, 2.75) is 25.4 Å². The number of nitrogens with zero attached hydrogens (tertiary/aromatic N) is 1. The number of alkyl halides is 3. The number of carbonyl (C=O) groups is 1. The van der Waals surface area contributed by atoms with Gasteiger partial charge in [0, 0.05) is 19.1 Å². The van der Waals surface area contributed by atoms with Crippen LogP contribution in [0.3, 0.4) is 0 Å². The molecule has 1 saturated heterocycles. The van der Waals surface area contributed by atoms with E-state index in [1.165, 1.54) is 12.1 Å². The Morgan fingerprint density at radius 1 is 1.33 bits per heavy atom. The minimum absolute atomic E-state index is 0. The van der Waals surface area contributed by atoms with E-state index in [0.717, 1.165) is 0 Å². The summed E-state index contributed by atoms with van der Waals surface area (Å²) in [7, 11) is 0. The smallest absolute Gasteiger partial charge is 0.405 e. The van der Waals surface area contributed by atoms with Crippen molar-refractivity contribution in [3.05, 3.63) is 29.3 Å². The predicted molar refractivity (Wildman–Crippen MR) is 71.6 cm³/mol. The van der Waals surface area contributed by atoms with Crippen LogP contribution in [0.4, 0.5) is 13.2 Å². The van der Waals surface area contributed by atoms with Gasteiger partial charge in [0.15, 0.2) is 0 Å².